The van der Waals surface area contributed by atoms with Gasteiger partial charge >= 0.3 is 0 Å². The highest BCUT2D eigenvalue weighted by molar-refractivity contribution is 7.07. The van der Waals surface area contributed by atoms with E-state index in [1.54, 1.807) is 5.51 Å². The van der Waals surface area contributed by atoms with Crippen molar-refractivity contribution in [1.29, 1.82) is 0 Å². The van der Waals surface area contributed by atoms with Crippen LogP contribution in [0.25, 0.3) is 0 Å². The van der Waals surface area contributed by atoms with E-state index in [1.165, 1.54) is 16.2 Å². The SMILES string of the molecule is Cl.NC(=O)[C@@H]1CCCN1C(=O)C(N)Cc1cscn1. The molecule has 6 nitrogen and oxygen atoms in total. The second kappa shape index (κ2) is 6.83. The van der Waals surface area contributed by atoms with Crippen molar-refractivity contribution in [3.63, 3.8) is 0 Å². The first-order valence-electron chi connectivity index (χ1n) is 5.82. The molecule has 2 heterocycles. The summed E-state index contributed by atoms with van der Waals surface area (Å²) < 4.78 is 0. The van der Waals surface area contributed by atoms with Crippen molar-refractivity contribution in [2.24, 2.45) is 11.5 Å². The molecule has 19 heavy (non-hydrogen) atoms. The predicted molar refractivity (Wildman–Crippen MR) is 75.0 cm³/mol. The lowest BCUT2D eigenvalue weighted by atomic mass is 10.1. The molecule has 4 N–H and O–H groups in total. The van der Waals surface area contributed by atoms with E-state index in [0.29, 0.717) is 19.4 Å². The topological polar surface area (TPSA) is 102 Å². The van der Waals surface area contributed by atoms with Crippen molar-refractivity contribution in [1.82, 2.24) is 9.88 Å². The molecule has 2 amide bonds. The lowest BCUT2D eigenvalue weighted by Gasteiger charge is -2.25. The van der Waals surface area contributed by atoms with Crippen molar-refractivity contribution in [2.75, 3.05) is 6.54 Å². The van der Waals surface area contributed by atoms with Crippen LogP contribution in [0.2, 0.25) is 0 Å². The number of hydrogen-bond donors (Lipinski definition) is 2. The average Bonchev–Trinajstić information content (AvgIpc) is 2.97. The number of carbonyl (C=O) groups excluding carboxylic acids is 2. The number of likely N-dealkylation sites (tertiary alicyclic amines) is 1. The molecule has 0 aliphatic carbocycles. The zero-order valence-corrected chi connectivity index (χ0v) is 12.0. The number of hydrogen-bond acceptors (Lipinski definition) is 5. The van der Waals surface area contributed by atoms with E-state index in [9.17, 15) is 9.59 Å². The maximum Gasteiger partial charge on any atom is 0.240 e. The van der Waals surface area contributed by atoms with Crippen LogP contribution in [-0.4, -0.2) is 40.3 Å². The minimum Gasteiger partial charge on any atom is -0.368 e. The molecule has 1 aliphatic rings. The van der Waals surface area contributed by atoms with Crippen LogP contribution in [0.3, 0.4) is 0 Å². The standard InChI is InChI=1S/C11H16N4O2S.ClH/c12-8(4-7-5-18-6-14-7)11(17)15-3-1-2-9(15)10(13)16;/h5-6,8-9H,1-4,12H2,(H2,13,16);1H/t8?,9-;/m0./s1. The molecule has 0 spiro atoms. The maximum absolute atomic E-state index is 12.2. The number of thiazole rings is 1. The van der Waals surface area contributed by atoms with Crippen LogP contribution in [0.1, 0.15) is 18.5 Å². The molecule has 1 aromatic rings. The van der Waals surface area contributed by atoms with Crippen LogP contribution >= 0.6 is 23.7 Å². The Bertz CT molecular complexity index is 440. The van der Waals surface area contributed by atoms with Crippen molar-refractivity contribution in [3.8, 4) is 0 Å². The maximum atomic E-state index is 12.2. The number of primary amides is 1. The van der Waals surface area contributed by atoms with E-state index in [-0.39, 0.29) is 18.3 Å². The van der Waals surface area contributed by atoms with Gasteiger partial charge < -0.3 is 16.4 Å². The summed E-state index contributed by atoms with van der Waals surface area (Å²) >= 11 is 1.47. The van der Waals surface area contributed by atoms with Gasteiger partial charge in [-0.15, -0.1) is 23.7 Å². The zero-order valence-electron chi connectivity index (χ0n) is 10.3. The third kappa shape index (κ3) is 3.65. The highest BCUT2D eigenvalue weighted by Gasteiger charge is 2.34. The Hall–Kier alpha value is -1.18. The fourth-order valence-electron chi connectivity index (χ4n) is 2.19. The lowest BCUT2D eigenvalue weighted by Crippen LogP contribution is -2.50. The Kier molecular flexibility index (Phi) is 5.71. The van der Waals surface area contributed by atoms with Crippen LogP contribution in [0.4, 0.5) is 0 Å². The van der Waals surface area contributed by atoms with E-state index in [1.807, 2.05) is 5.38 Å². The molecule has 2 rings (SSSR count). The largest absolute Gasteiger partial charge is 0.368 e. The first-order valence-corrected chi connectivity index (χ1v) is 6.76. The Morgan fingerprint density at radius 1 is 1.58 bits per heavy atom. The van der Waals surface area contributed by atoms with Crippen LogP contribution in [0.5, 0.6) is 0 Å². The molecule has 0 saturated carbocycles. The molecule has 1 fully saturated rings. The van der Waals surface area contributed by atoms with E-state index in [0.717, 1.165) is 12.1 Å². The van der Waals surface area contributed by atoms with Gasteiger partial charge in [0.05, 0.1) is 17.2 Å². The van der Waals surface area contributed by atoms with Crippen molar-refractivity contribution in [3.05, 3.63) is 16.6 Å². The minimum atomic E-state index is -0.660. The number of halogens is 1. The quantitative estimate of drug-likeness (QED) is 0.811. The number of aromatic nitrogens is 1. The first kappa shape index (κ1) is 15.9. The molecule has 1 aromatic heterocycles. The highest BCUT2D eigenvalue weighted by Crippen LogP contribution is 2.18. The van der Waals surface area contributed by atoms with Gasteiger partial charge in [0.2, 0.25) is 11.8 Å². The molecular weight excluding hydrogens is 288 g/mol. The van der Waals surface area contributed by atoms with Gasteiger partial charge in [-0.1, -0.05) is 0 Å². The molecule has 106 valence electrons. The molecule has 0 aromatic carbocycles. The Morgan fingerprint density at radius 3 is 2.89 bits per heavy atom. The Balaban J connectivity index is 0.00000180. The molecule has 2 atom stereocenters. The Morgan fingerprint density at radius 2 is 2.32 bits per heavy atom. The van der Waals surface area contributed by atoms with Gasteiger partial charge in [-0.2, -0.15) is 0 Å². The second-order valence-electron chi connectivity index (χ2n) is 4.38. The number of nitrogens with two attached hydrogens (primary N) is 2. The fourth-order valence-corrected chi connectivity index (χ4v) is 2.76. The van der Waals surface area contributed by atoms with Crippen LogP contribution < -0.4 is 11.5 Å². The highest BCUT2D eigenvalue weighted by atomic mass is 35.5. The average molecular weight is 305 g/mol. The summed E-state index contributed by atoms with van der Waals surface area (Å²) in [5, 5.41) is 1.86. The van der Waals surface area contributed by atoms with E-state index in [4.69, 9.17) is 11.5 Å². The van der Waals surface area contributed by atoms with Gasteiger partial charge in [-0.05, 0) is 12.8 Å². The summed E-state index contributed by atoms with van der Waals surface area (Å²) in [5.41, 5.74) is 13.7. The summed E-state index contributed by atoms with van der Waals surface area (Å²) in [7, 11) is 0. The van der Waals surface area contributed by atoms with E-state index >= 15 is 0 Å². The number of rotatable bonds is 4. The van der Waals surface area contributed by atoms with Gasteiger partial charge in [0, 0.05) is 18.3 Å². The first-order chi connectivity index (χ1) is 8.59. The van der Waals surface area contributed by atoms with Gasteiger partial charge in [0.15, 0.2) is 0 Å². The molecule has 0 radical (unpaired) electrons. The van der Waals surface area contributed by atoms with Crippen LogP contribution in [0.15, 0.2) is 10.9 Å². The summed E-state index contributed by atoms with van der Waals surface area (Å²) in [6.45, 7) is 0.553. The lowest BCUT2D eigenvalue weighted by molar-refractivity contribution is -0.138. The third-order valence-corrected chi connectivity index (χ3v) is 3.73. The van der Waals surface area contributed by atoms with Gasteiger partial charge in [-0.3, -0.25) is 9.59 Å². The smallest absolute Gasteiger partial charge is 0.240 e. The molecular formula is C11H17ClN4O2S. The molecule has 1 aliphatic heterocycles. The van der Waals surface area contributed by atoms with Crippen LogP contribution in [-0.2, 0) is 16.0 Å². The third-order valence-electron chi connectivity index (χ3n) is 3.09. The molecule has 0 bridgehead atoms. The fraction of sp³-hybridized carbons (Fsp3) is 0.545. The van der Waals surface area contributed by atoms with Gasteiger partial charge in [0.25, 0.3) is 0 Å². The summed E-state index contributed by atoms with van der Waals surface area (Å²) in [4.78, 5) is 29.0. The van der Waals surface area contributed by atoms with E-state index < -0.39 is 18.0 Å². The summed E-state index contributed by atoms with van der Waals surface area (Å²) in [6.07, 6.45) is 1.82. The monoisotopic (exact) mass is 304 g/mol. The number of nitrogens with zero attached hydrogens (tertiary/aromatic N) is 2. The normalized spacial score (nSPS) is 19.8. The van der Waals surface area contributed by atoms with Gasteiger partial charge in [-0.25, -0.2) is 4.98 Å². The summed E-state index contributed by atoms with van der Waals surface area (Å²) in [6, 6.07) is -1.16. The Labute approximate surface area is 121 Å². The van der Waals surface area contributed by atoms with E-state index in [2.05, 4.69) is 4.98 Å². The molecule has 1 saturated heterocycles. The molecule has 8 heteroatoms. The van der Waals surface area contributed by atoms with Crippen LogP contribution in [0, 0.1) is 0 Å². The predicted octanol–water partition coefficient (Wildman–Crippen LogP) is -0.0890. The zero-order chi connectivity index (χ0) is 13.1. The van der Waals surface area contributed by atoms with Gasteiger partial charge in [0.1, 0.15) is 6.04 Å². The van der Waals surface area contributed by atoms with Crippen molar-refractivity contribution < 1.29 is 9.59 Å². The number of amides is 2. The van der Waals surface area contributed by atoms with Crippen molar-refractivity contribution in [2.45, 2.75) is 31.3 Å². The number of carbonyl (C=O) groups is 2. The minimum absolute atomic E-state index is 0. The second-order valence-corrected chi connectivity index (χ2v) is 5.10. The van der Waals surface area contributed by atoms with Crippen molar-refractivity contribution >= 4 is 35.6 Å². The molecule has 1 unspecified atom stereocenters. The summed E-state index contributed by atoms with van der Waals surface area (Å²) in [5.74, 6) is -0.675.